The van der Waals surface area contributed by atoms with Crippen molar-refractivity contribution in [3.8, 4) is 0 Å². The summed E-state index contributed by atoms with van der Waals surface area (Å²) in [6.07, 6.45) is -4.03. The molecule has 5 heteroatoms. The topological polar surface area (TPSA) is 26.0 Å². The van der Waals surface area contributed by atoms with Gasteiger partial charge in [-0.25, -0.2) is 4.39 Å². The van der Waals surface area contributed by atoms with Gasteiger partial charge in [0.2, 0.25) is 0 Å². The molecule has 0 amide bonds. The van der Waals surface area contributed by atoms with Crippen molar-refractivity contribution in [2.24, 2.45) is 11.7 Å². The third-order valence-electron chi connectivity index (χ3n) is 2.40. The SMILES string of the molecule is CC(C)C[C@H](N)c1cc(F)cc(C(F)(F)F)c1. The number of hydrogen-bond acceptors (Lipinski definition) is 1. The van der Waals surface area contributed by atoms with E-state index in [4.69, 9.17) is 5.73 Å². The van der Waals surface area contributed by atoms with Crippen molar-refractivity contribution in [2.45, 2.75) is 32.5 Å². The smallest absolute Gasteiger partial charge is 0.324 e. The van der Waals surface area contributed by atoms with E-state index >= 15 is 0 Å². The van der Waals surface area contributed by atoms with Gasteiger partial charge in [0.25, 0.3) is 0 Å². The molecule has 96 valence electrons. The minimum atomic E-state index is -4.55. The molecule has 0 fully saturated rings. The highest BCUT2D eigenvalue weighted by Gasteiger charge is 2.31. The van der Waals surface area contributed by atoms with E-state index in [0.717, 1.165) is 12.1 Å². The van der Waals surface area contributed by atoms with Gasteiger partial charge in [-0.1, -0.05) is 13.8 Å². The Labute approximate surface area is 97.6 Å². The second kappa shape index (κ2) is 5.04. The minimum absolute atomic E-state index is 0.186. The van der Waals surface area contributed by atoms with E-state index in [1.165, 1.54) is 0 Å². The molecule has 17 heavy (non-hydrogen) atoms. The van der Waals surface area contributed by atoms with Gasteiger partial charge in [0.1, 0.15) is 5.82 Å². The fraction of sp³-hybridized carbons (Fsp3) is 0.500. The minimum Gasteiger partial charge on any atom is -0.324 e. The van der Waals surface area contributed by atoms with Crippen LogP contribution in [0.15, 0.2) is 18.2 Å². The molecule has 0 aliphatic carbocycles. The molecule has 0 aromatic heterocycles. The third kappa shape index (κ3) is 4.00. The zero-order chi connectivity index (χ0) is 13.2. The van der Waals surface area contributed by atoms with Crippen LogP contribution in [0, 0.1) is 11.7 Å². The number of alkyl halides is 3. The fourth-order valence-corrected chi connectivity index (χ4v) is 1.63. The molecule has 0 aliphatic heterocycles. The van der Waals surface area contributed by atoms with E-state index < -0.39 is 23.6 Å². The van der Waals surface area contributed by atoms with Crippen molar-refractivity contribution >= 4 is 0 Å². The van der Waals surface area contributed by atoms with Crippen LogP contribution in [0.1, 0.15) is 37.4 Å². The summed E-state index contributed by atoms with van der Waals surface area (Å²) in [6, 6.07) is 1.87. The number of benzene rings is 1. The van der Waals surface area contributed by atoms with Crippen molar-refractivity contribution in [3.05, 3.63) is 35.1 Å². The first-order valence-electron chi connectivity index (χ1n) is 5.33. The maximum absolute atomic E-state index is 13.1. The van der Waals surface area contributed by atoms with Crippen molar-refractivity contribution < 1.29 is 17.6 Å². The summed E-state index contributed by atoms with van der Waals surface area (Å²) in [7, 11) is 0. The average molecular weight is 249 g/mol. The van der Waals surface area contributed by atoms with Crippen LogP contribution in [-0.4, -0.2) is 0 Å². The van der Waals surface area contributed by atoms with Gasteiger partial charge in [0.15, 0.2) is 0 Å². The highest BCUT2D eigenvalue weighted by Crippen LogP contribution is 2.32. The molecular weight excluding hydrogens is 234 g/mol. The number of nitrogens with two attached hydrogens (primary N) is 1. The van der Waals surface area contributed by atoms with Crippen molar-refractivity contribution in [2.75, 3.05) is 0 Å². The Balaban J connectivity index is 3.05. The molecule has 0 spiro atoms. The van der Waals surface area contributed by atoms with Crippen LogP contribution in [0.25, 0.3) is 0 Å². The quantitative estimate of drug-likeness (QED) is 0.808. The van der Waals surface area contributed by atoms with Crippen LogP contribution in [0.2, 0.25) is 0 Å². The van der Waals surface area contributed by atoms with Crippen molar-refractivity contribution in [3.63, 3.8) is 0 Å². The Hall–Kier alpha value is -1.10. The van der Waals surface area contributed by atoms with Crippen LogP contribution < -0.4 is 5.73 Å². The molecule has 2 N–H and O–H groups in total. The van der Waals surface area contributed by atoms with Gasteiger partial charge in [-0.3, -0.25) is 0 Å². The Kier molecular flexibility index (Phi) is 4.14. The molecule has 0 bridgehead atoms. The maximum Gasteiger partial charge on any atom is 0.416 e. The van der Waals surface area contributed by atoms with E-state index in [1.807, 2.05) is 13.8 Å². The first-order chi connectivity index (χ1) is 7.70. The van der Waals surface area contributed by atoms with E-state index in [9.17, 15) is 17.6 Å². The normalized spacial score (nSPS) is 14.1. The monoisotopic (exact) mass is 249 g/mol. The van der Waals surface area contributed by atoms with E-state index in [-0.39, 0.29) is 11.5 Å². The lowest BCUT2D eigenvalue weighted by Crippen LogP contribution is -2.15. The predicted octanol–water partition coefficient (Wildman–Crippen LogP) is 3.89. The summed E-state index contributed by atoms with van der Waals surface area (Å²) in [6.45, 7) is 3.81. The Morgan fingerprint density at radius 1 is 1.18 bits per heavy atom. The van der Waals surface area contributed by atoms with Gasteiger partial charge in [-0.15, -0.1) is 0 Å². The third-order valence-corrected chi connectivity index (χ3v) is 2.40. The fourth-order valence-electron chi connectivity index (χ4n) is 1.63. The molecular formula is C12H15F4N. The number of hydrogen-bond donors (Lipinski definition) is 1. The summed E-state index contributed by atoms with van der Waals surface area (Å²) >= 11 is 0. The second-order valence-electron chi connectivity index (χ2n) is 4.51. The van der Waals surface area contributed by atoms with E-state index in [2.05, 4.69) is 0 Å². The summed E-state index contributed by atoms with van der Waals surface area (Å²) in [4.78, 5) is 0. The lowest BCUT2D eigenvalue weighted by atomic mass is 9.96. The van der Waals surface area contributed by atoms with Crippen molar-refractivity contribution in [1.29, 1.82) is 0 Å². The van der Waals surface area contributed by atoms with Gasteiger partial charge in [-0.05, 0) is 36.1 Å². The highest BCUT2D eigenvalue weighted by atomic mass is 19.4. The zero-order valence-electron chi connectivity index (χ0n) is 9.68. The van der Waals surface area contributed by atoms with Gasteiger partial charge in [0.05, 0.1) is 5.56 Å². The molecule has 0 saturated carbocycles. The van der Waals surface area contributed by atoms with E-state index in [0.29, 0.717) is 12.5 Å². The molecule has 0 saturated heterocycles. The summed E-state index contributed by atoms with van der Waals surface area (Å²) in [5.41, 5.74) is 4.94. The van der Waals surface area contributed by atoms with Gasteiger partial charge < -0.3 is 5.73 Å². The Morgan fingerprint density at radius 2 is 1.76 bits per heavy atom. The molecule has 1 aromatic carbocycles. The first-order valence-corrected chi connectivity index (χ1v) is 5.33. The lowest BCUT2D eigenvalue weighted by molar-refractivity contribution is -0.137. The molecule has 1 atom stereocenters. The maximum atomic E-state index is 13.1. The van der Waals surface area contributed by atoms with Gasteiger partial charge in [-0.2, -0.15) is 13.2 Å². The van der Waals surface area contributed by atoms with Crippen LogP contribution in [0.4, 0.5) is 17.6 Å². The van der Waals surface area contributed by atoms with Crippen LogP contribution >= 0.6 is 0 Å². The van der Waals surface area contributed by atoms with Gasteiger partial charge in [0, 0.05) is 6.04 Å². The summed E-state index contributed by atoms with van der Waals surface area (Å²) in [5.74, 6) is -0.670. The standard InChI is InChI=1S/C12H15F4N/c1-7(2)3-11(17)8-4-9(12(14,15)16)6-10(13)5-8/h4-7,11H,3,17H2,1-2H3/t11-/m0/s1. The largest absolute Gasteiger partial charge is 0.416 e. The van der Waals surface area contributed by atoms with Crippen LogP contribution in [0.5, 0.6) is 0 Å². The van der Waals surface area contributed by atoms with Crippen molar-refractivity contribution in [1.82, 2.24) is 0 Å². The molecule has 0 radical (unpaired) electrons. The molecule has 1 aromatic rings. The zero-order valence-corrected chi connectivity index (χ0v) is 9.68. The summed E-state index contributed by atoms with van der Waals surface area (Å²) in [5, 5.41) is 0. The Morgan fingerprint density at radius 3 is 2.24 bits per heavy atom. The van der Waals surface area contributed by atoms with Crippen LogP contribution in [0.3, 0.4) is 0 Å². The number of rotatable bonds is 3. The molecule has 0 heterocycles. The van der Waals surface area contributed by atoms with Crippen LogP contribution in [-0.2, 0) is 6.18 Å². The first kappa shape index (κ1) is 14.0. The second-order valence-corrected chi connectivity index (χ2v) is 4.51. The predicted molar refractivity (Wildman–Crippen MR) is 57.8 cm³/mol. The number of halogens is 4. The molecule has 0 aliphatic rings. The van der Waals surface area contributed by atoms with E-state index in [1.54, 1.807) is 0 Å². The molecule has 0 unspecified atom stereocenters. The van der Waals surface area contributed by atoms with Gasteiger partial charge >= 0.3 is 6.18 Å². The molecule has 1 rings (SSSR count). The lowest BCUT2D eigenvalue weighted by Gasteiger charge is -2.16. The molecule has 1 nitrogen and oxygen atoms in total. The Bertz CT molecular complexity index is 385. The summed E-state index contributed by atoms with van der Waals surface area (Å²) < 4.78 is 50.5. The average Bonchev–Trinajstić information content (AvgIpc) is 2.14. The highest BCUT2D eigenvalue weighted by molar-refractivity contribution is 5.28.